The highest BCUT2D eigenvalue weighted by molar-refractivity contribution is 6.08. The Balaban J connectivity index is 1.27. The third-order valence-corrected chi connectivity index (χ3v) is 6.27. The van der Waals surface area contributed by atoms with Crippen LogP contribution in [0.1, 0.15) is 12.5 Å². The standard InChI is InChI=1S/C26H22N8O2/c1-15-8-18(4-5-22(15)36-19-6-7-34-24(9-19)29-14-31-34)32-25-20-10-23(27-11-21(20)28-13-30-25)33-12-16(2)17(3)26(33)35/h4-11,13-14,16H,3,12H2,1-2H3,(H,28,30,32). The molecule has 6 rings (SSSR count). The van der Waals surface area contributed by atoms with E-state index < -0.39 is 0 Å². The number of carbonyl (C=O) groups is 1. The summed E-state index contributed by atoms with van der Waals surface area (Å²) >= 11 is 0. The van der Waals surface area contributed by atoms with Crippen LogP contribution in [0.5, 0.6) is 11.5 Å². The van der Waals surface area contributed by atoms with Crippen LogP contribution >= 0.6 is 0 Å². The molecule has 0 aliphatic carbocycles. The maximum Gasteiger partial charge on any atom is 0.255 e. The summed E-state index contributed by atoms with van der Waals surface area (Å²) in [4.78, 5) is 31.7. The summed E-state index contributed by atoms with van der Waals surface area (Å²) in [5.74, 6) is 2.56. The predicted octanol–water partition coefficient (Wildman–Crippen LogP) is 4.45. The lowest BCUT2D eigenvalue weighted by Gasteiger charge is -2.16. The van der Waals surface area contributed by atoms with Crippen LogP contribution < -0.4 is 15.0 Å². The first kappa shape index (κ1) is 21.7. The Hall–Kier alpha value is -4.86. The molecular weight excluding hydrogens is 456 g/mol. The zero-order chi connectivity index (χ0) is 24.8. The smallest absolute Gasteiger partial charge is 0.255 e. The molecule has 1 aromatic carbocycles. The van der Waals surface area contributed by atoms with Gasteiger partial charge in [-0.2, -0.15) is 5.10 Å². The highest BCUT2D eigenvalue weighted by atomic mass is 16.5. The average molecular weight is 479 g/mol. The Morgan fingerprint density at radius 1 is 1.08 bits per heavy atom. The number of ether oxygens (including phenoxy) is 1. The molecule has 36 heavy (non-hydrogen) atoms. The minimum absolute atomic E-state index is 0.0848. The molecule has 10 heteroatoms. The van der Waals surface area contributed by atoms with Crippen molar-refractivity contribution in [1.29, 1.82) is 0 Å². The largest absolute Gasteiger partial charge is 0.457 e. The van der Waals surface area contributed by atoms with Crippen LogP contribution in [-0.2, 0) is 4.79 Å². The van der Waals surface area contributed by atoms with Gasteiger partial charge in [-0.05, 0) is 42.8 Å². The van der Waals surface area contributed by atoms with Gasteiger partial charge in [0.1, 0.15) is 35.8 Å². The number of aryl methyl sites for hydroxylation is 1. The van der Waals surface area contributed by atoms with Gasteiger partial charge in [-0.25, -0.2) is 24.5 Å². The second-order valence-electron chi connectivity index (χ2n) is 8.76. The number of carbonyl (C=O) groups excluding carboxylic acids is 1. The third kappa shape index (κ3) is 3.78. The molecule has 10 nitrogen and oxygen atoms in total. The molecule has 0 saturated carbocycles. The molecule has 1 aliphatic rings. The van der Waals surface area contributed by atoms with E-state index >= 15 is 0 Å². The number of nitrogens with one attached hydrogen (secondary N) is 1. The molecule has 0 spiro atoms. The van der Waals surface area contributed by atoms with Crippen LogP contribution in [0.15, 0.2) is 73.6 Å². The fourth-order valence-electron chi connectivity index (χ4n) is 4.21. The topological polar surface area (TPSA) is 110 Å². The molecule has 5 aromatic rings. The van der Waals surface area contributed by atoms with E-state index in [1.807, 2.05) is 50.2 Å². The van der Waals surface area contributed by atoms with Crippen molar-refractivity contribution in [3.8, 4) is 11.5 Å². The molecular formula is C26H22N8O2. The van der Waals surface area contributed by atoms with Gasteiger partial charge in [-0.15, -0.1) is 0 Å². The van der Waals surface area contributed by atoms with Crippen LogP contribution in [-0.4, -0.2) is 42.0 Å². The molecule has 1 unspecified atom stereocenters. The summed E-state index contributed by atoms with van der Waals surface area (Å²) in [6.45, 7) is 8.42. The Kier molecular flexibility index (Phi) is 5.06. The Bertz CT molecular complexity index is 1660. The zero-order valence-corrected chi connectivity index (χ0v) is 19.7. The van der Waals surface area contributed by atoms with E-state index in [0.717, 1.165) is 22.4 Å². The summed E-state index contributed by atoms with van der Waals surface area (Å²) in [5.41, 5.74) is 3.76. The molecule has 1 aliphatic heterocycles. The number of rotatable bonds is 5. The fourth-order valence-corrected chi connectivity index (χ4v) is 4.21. The lowest BCUT2D eigenvalue weighted by Crippen LogP contribution is -2.25. The van der Waals surface area contributed by atoms with Gasteiger partial charge in [0.15, 0.2) is 5.65 Å². The van der Waals surface area contributed by atoms with Gasteiger partial charge in [-0.3, -0.25) is 9.69 Å². The molecule has 1 atom stereocenters. The molecule has 178 valence electrons. The molecule has 0 bridgehead atoms. The van der Waals surface area contributed by atoms with Crippen molar-refractivity contribution in [2.24, 2.45) is 5.92 Å². The van der Waals surface area contributed by atoms with Crippen LogP contribution in [0, 0.1) is 12.8 Å². The number of amides is 1. The Labute approximate surface area is 206 Å². The minimum atomic E-state index is -0.102. The highest BCUT2D eigenvalue weighted by Gasteiger charge is 2.32. The first-order valence-electron chi connectivity index (χ1n) is 11.4. The number of fused-ring (bicyclic) bond motifs is 2. The number of pyridine rings is 2. The van der Waals surface area contributed by atoms with Gasteiger partial charge >= 0.3 is 0 Å². The Morgan fingerprint density at radius 3 is 2.78 bits per heavy atom. The van der Waals surface area contributed by atoms with Crippen molar-refractivity contribution in [3.05, 3.63) is 79.2 Å². The fraction of sp³-hybridized carbons (Fsp3) is 0.154. The monoisotopic (exact) mass is 478 g/mol. The SMILES string of the molecule is C=C1C(=O)N(c2cc3c(Nc4ccc(Oc5ccn6ncnc6c5)c(C)c4)ncnc3cn2)CC1C. The van der Waals surface area contributed by atoms with Crippen molar-refractivity contribution in [2.45, 2.75) is 13.8 Å². The third-order valence-electron chi connectivity index (χ3n) is 6.27. The van der Waals surface area contributed by atoms with Crippen LogP contribution in [0.3, 0.4) is 0 Å². The first-order valence-corrected chi connectivity index (χ1v) is 11.4. The van der Waals surface area contributed by atoms with E-state index in [0.29, 0.717) is 40.7 Å². The second-order valence-corrected chi connectivity index (χ2v) is 8.76. The number of benzene rings is 1. The van der Waals surface area contributed by atoms with E-state index in [1.165, 1.54) is 12.7 Å². The summed E-state index contributed by atoms with van der Waals surface area (Å²) in [6.07, 6.45) is 6.45. The molecule has 1 fully saturated rings. The van der Waals surface area contributed by atoms with Crippen LogP contribution in [0.2, 0.25) is 0 Å². The van der Waals surface area contributed by atoms with E-state index in [1.54, 1.807) is 21.8 Å². The van der Waals surface area contributed by atoms with Crippen molar-refractivity contribution in [3.63, 3.8) is 0 Å². The summed E-state index contributed by atoms with van der Waals surface area (Å²) in [5, 5.41) is 8.23. The lowest BCUT2D eigenvalue weighted by molar-refractivity contribution is -0.114. The molecule has 5 heterocycles. The number of hydrogen-bond acceptors (Lipinski definition) is 8. The Morgan fingerprint density at radius 2 is 1.97 bits per heavy atom. The van der Waals surface area contributed by atoms with E-state index in [9.17, 15) is 4.79 Å². The van der Waals surface area contributed by atoms with E-state index in [4.69, 9.17) is 4.74 Å². The maximum absolute atomic E-state index is 12.6. The number of anilines is 3. The van der Waals surface area contributed by atoms with Crippen LogP contribution in [0.25, 0.3) is 16.6 Å². The summed E-state index contributed by atoms with van der Waals surface area (Å²) in [7, 11) is 0. The quantitative estimate of drug-likeness (QED) is 0.369. The summed E-state index contributed by atoms with van der Waals surface area (Å²) < 4.78 is 7.75. The van der Waals surface area contributed by atoms with Gasteiger partial charge < -0.3 is 10.1 Å². The predicted molar refractivity (Wildman–Crippen MR) is 136 cm³/mol. The molecule has 1 saturated heterocycles. The van der Waals surface area contributed by atoms with E-state index in [-0.39, 0.29) is 11.8 Å². The maximum atomic E-state index is 12.6. The molecule has 4 aromatic heterocycles. The number of aromatic nitrogens is 6. The van der Waals surface area contributed by atoms with Gasteiger partial charge in [0.25, 0.3) is 5.91 Å². The normalized spacial score (nSPS) is 15.7. The second kappa shape index (κ2) is 8.42. The summed E-state index contributed by atoms with van der Waals surface area (Å²) in [6, 6.07) is 11.3. The molecule has 0 radical (unpaired) electrons. The van der Waals surface area contributed by atoms with Gasteiger partial charge in [-0.1, -0.05) is 13.5 Å². The molecule has 1 N–H and O–H groups in total. The molecule has 1 amide bonds. The minimum Gasteiger partial charge on any atom is -0.457 e. The lowest BCUT2D eigenvalue weighted by atomic mass is 10.1. The number of hydrogen-bond donors (Lipinski definition) is 1. The van der Waals surface area contributed by atoms with Gasteiger partial charge in [0, 0.05) is 41.4 Å². The van der Waals surface area contributed by atoms with Crippen molar-refractivity contribution < 1.29 is 9.53 Å². The van der Waals surface area contributed by atoms with Crippen molar-refractivity contribution >= 4 is 39.8 Å². The van der Waals surface area contributed by atoms with Crippen LogP contribution in [0.4, 0.5) is 17.3 Å². The van der Waals surface area contributed by atoms with E-state index in [2.05, 4.69) is 36.9 Å². The van der Waals surface area contributed by atoms with Crippen molar-refractivity contribution in [1.82, 2.24) is 29.5 Å². The highest BCUT2D eigenvalue weighted by Crippen LogP contribution is 2.32. The first-order chi connectivity index (χ1) is 17.5. The van der Waals surface area contributed by atoms with Gasteiger partial charge in [0.2, 0.25) is 0 Å². The average Bonchev–Trinajstić information content (AvgIpc) is 3.45. The zero-order valence-electron chi connectivity index (χ0n) is 19.7. The number of nitrogens with zero attached hydrogens (tertiary/aromatic N) is 7. The van der Waals surface area contributed by atoms with Crippen molar-refractivity contribution in [2.75, 3.05) is 16.8 Å². The van der Waals surface area contributed by atoms with Gasteiger partial charge in [0.05, 0.1) is 11.7 Å².